The molecule has 3 aliphatic rings. The van der Waals surface area contributed by atoms with Crippen molar-refractivity contribution in [3.63, 3.8) is 0 Å². The fourth-order valence-corrected chi connectivity index (χ4v) is 8.05. The molecule has 4 N–H and O–H groups in total. The Balaban J connectivity index is 1.05. The molecule has 3 fully saturated rings. The van der Waals surface area contributed by atoms with E-state index in [1.165, 1.54) is 0 Å². The number of carbonyl (C=O) groups is 5. The van der Waals surface area contributed by atoms with E-state index in [0.717, 1.165) is 42.4 Å². The molecule has 2 saturated heterocycles. The van der Waals surface area contributed by atoms with E-state index in [0.29, 0.717) is 96.0 Å². The number of aliphatic carboxylic acids is 3. The minimum absolute atomic E-state index is 0.0640. The minimum atomic E-state index is -1.01. The van der Waals surface area contributed by atoms with Crippen LogP contribution >= 0.6 is 0 Å². The molecule has 0 radical (unpaired) electrons. The van der Waals surface area contributed by atoms with Crippen LogP contribution in [-0.4, -0.2) is 213 Å². The van der Waals surface area contributed by atoms with E-state index >= 15 is 0 Å². The Bertz CT molecular complexity index is 1910. The topological polar surface area (TPSA) is 224 Å². The lowest BCUT2D eigenvalue weighted by Gasteiger charge is -2.37. The molecule has 0 bridgehead atoms. The molecule has 3 aromatic rings. The van der Waals surface area contributed by atoms with Crippen LogP contribution in [0.15, 0.2) is 30.6 Å². The Morgan fingerprint density at radius 1 is 0.695 bits per heavy atom. The number of aromatic nitrogens is 4. The van der Waals surface area contributed by atoms with Crippen LogP contribution in [0.1, 0.15) is 42.2 Å². The molecule has 1 saturated carbocycles. The highest BCUT2D eigenvalue weighted by molar-refractivity contribution is 5.98. The lowest BCUT2D eigenvalue weighted by Crippen LogP contribution is -2.53. The second-order valence-electron chi connectivity index (χ2n) is 15.7. The Morgan fingerprint density at radius 2 is 1.22 bits per heavy atom. The summed E-state index contributed by atoms with van der Waals surface area (Å²) in [5, 5.41) is 32.5. The van der Waals surface area contributed by atoms with Gasteiger partial charge in [0.25, 0.3) is 5.91 Å². The predicted molar refractivity (Wildman–Crippen MR) is 218 cm³/mol. The second kappa shape index (κ2) is 20.0. The molecule has 20 nitrogen and oxygen atoms in total. The van der Waals surface area contributed by atoms with Crippen molar-refractivity contribution < 1.29 is 39.3 Å². The molecule has 6 rings (SSSR count). The molecular weight excluding hydrogens is 765 g/mol. The number of piperazine rings is 1. The Morgan fingerprint density at radius 3 is 1.69 bits per heavy atom. The van der Waals surface area contributed by atoms with Crippen LogP contribution in [0.5, 0.6) is 0 Å². The quantitative estimate of drug-likeness (QED) is 0.184. The summed E-state index contributed by atoms with van der Waals surface area (Å²) in [6, 6.07) is 5.90. The predicted octanol–water partition coefficient (Wildman–Crippen LogP) is 0.511. The van der Waals surface area contributed by atoms with Crippen LogP contribution in [0, 0.1) is 0 Å². The highest BCUT2D eigenvalue weighted by Crippen LogP contribution is 2.35. The Kier molecular flexibility index (Phi) is 14.6. The third-order valence-corrected chi connectivity index (χ3v) is 11.2. The second-order valence-corrected chi connectivity index (χ2v) is 15.7. The summed E-state index contributed by atoms with van der Waals surface area (Å²) in [5.74, 6) is -2.19. The normalized spacial score (nSPS) is 18.7. The zero-order valence-electron chi connectivity index (χ0n) is 33.9. The summed E-state index contributed by atoms with van der Waals surface area (Å²) in [7, 11) is 3.50. The first-order valence-corrected chi connectivity index (χ1v) is 20.2. The van der Waals surface area contributed by atoms with E-state index in [1.807, 2.05) is 28.0 Å². The van der Waals surface area contributed by atoms with Gasteiger partial charge < -0.3 is 39.9 Å². The molecule has 2 aliphatic heterocycles. The zero-order valence-corrected chi connectivity index (χ0v) is 33.9. The van der Waals surface area contributed by atoms with Crippen molar-refractivity contribution in [1.82, 2.24) is 48.9 Å². The van der Waals surface area contributed by atoms with Gasteiger partial charge in [-0.2, -0.15) is 4.98 Å². The SMILES string of the molecule is CN(C)C(=O)c1cc2cnc(Nc3ccc(N4CCN(C(=O)CN5CCN(CC(=O)O)CCN(CC(=O)O)CCN(CC(=O)O)CC5)CC4)cn3)nc2n1C1CCCC1. The standard InChI is InChI=1S/C39H56N12O8/c1-44(2)38(59)31-21-28-22-41-39(43-37(28)51(31)29-5-3-4-6-29)42-32-8-7-30(23-40-32)49-17-19-50(20-18-49)33(52)24-45-9-11-46(25-34(53)54)13-15-48(27-36(57)58)16-14-47(12-10-45)26-35(55)56/h7-8,21-23,29H,3-6,9-20,24-27H2,1-2H3,(H,53,54)(H,55,56)(H,57,58)(H,40,41,42,43). The van der Waals surface area contributed by atoms with E-state index in [9.17, 15) is 39.3 Å². The minimum Gasteiger partial charge on any atom is -0.480 e. The fourth-order valence-electron chi connectivity index (χ4n) is 8.05. The van der Waals surface area contributed by atoms with Gasteiger partial charge in [-0.1, -0.05) is 12.8 Å². The van der Waals surface area contributed by atoms with Gasteiger partial charge >= 0.3 is 17.9 Å². The maximum absolute atomic E-state index is 13.6. The number of nitrogens with zero attached hydrogens (tertiary/aromatic N) is 11. The number of hydrogen-bond donors (Lipinski definition) is 4. The van der Waals surface area contributed by atoms with Crippen LogP contribution in [0.2, 0.25) is 0 Å². The Hall–Kier alpha value is -5.44. The fraction of sp³-hybridized carbons (Fsp3) is 0.590. The van der Waals surface area contributed by atoms with Gasteiger partial charge in [-0.25, -0.2) is 9.97 Å². The number of carboxylic acids is 3. The number of rotatable bonds is 13. The van der Waals surface area contributed by atoms with Crippen molar-refractivity contribution in [3.8, 4) is 0 Å². The van der Waals surface area contributed by atoms with Crippen molar-refractivity contribution in [1.29, 1.82) is 0 Å². The largest absolute Gasteiger partial charge is 0.480 e. The molecule has 3 aromatic heterocycles. The zero-order chi connectivity index (χ0) is 42.1. The van der Waals surface area contributed by atoms with Gasteiger partial charge in [-0.3, -0.25) is 43.6 Å². The molecule has 0 unspecified atom stereocenters. The number of amides is 2. The van der Waals surface area contributed by atoms with Crippen molar-refractivity contribution in [2.75, 3.05) is 129 Å². The Labute approximate surface area is 343 Å². The van der Waals surface area contributed by atoms with E-state index in [4.69, 9.17) is 4.98 Å². The molecule has 59 heavy (non-hydrogen) atoms. The maximum atomic E-state index is 13.6. The summed E-state index contributed by atoms with van der Waals surface area (Å²) in [6.45, 7) is 4.30. The number of hydrogen-bond acceptors (Lipinski definition) is 14. The summed E-state index contributed by atoms with van der Waals surface area (Å²) in [6.07, 6.45) is 7.73. The monoisotopic (exact) mass is 820 g/mol. The van der Waals surface area contributed by atoms with Crippen LogP contribution in [0.25, 0.3) is 11.0 Å². The highest BCUT2D eigenvalue weighted by Gasteiger charge is 2.28. The number of fused-ring (bicyclic) bond motifs is 1. The molecule has 0 spiro atoms. The first-order chi connectivity index (χ1) is 28.3. The third kappa shape index (κ3) is 11.8. The number of anilines is 3. The van der Waals surface area contributed by atoms with E-state index < -0.39 is 17.9 Å². The van der Waals surface area contributed by atoms with Gasteiger partial charge in [-0.15, -0.1) is 0 Å². The molecule has 5 heterocycles. The molecule has 0 aromatic carbocycles. The van der Waals surface area contributed by atoms with Gasteiger partial charge in [0, 0.05) is 110 Å². The van der Waals surface area contributed by atoms with Crippen molar-refractivity contribution >= 4 is 58.2 Å². The van der Waals surface area contributed by atoms with Gasteiger partial charge in [0.2, 0.25) is 11.9 Å². The van der Waals surface area contributed by atoms with Crippen molar-refractivity contribution in [3.05, 3.63) is 36.3 Å². The van der Waals surface area contributed by atoms with E-state index in [1.54, 1.807) is 46.1 Å². The van der Waals surface area contributed by atoms with Crippen molar-refractivity contribution in [2.24, 2.45) is 0 Å². The number of nitrogens with one attached hydrogen (secondary N) is 1. The number of pyridine rings is 1. The number of carboxylic acid groups (broad SMARTS) is 3. The lowest BCUT2D eigenvalue weighted by atomic mass is 10.2. The smallest absolute Gasteiger partial charge is 0.317 e. The van der Waals surface area contributed by atoms with E-state index in [2.05, 4.69) is 24.8 Å². The molecular formula is C39H56N12O8. The molecule has 20 heteroatoms. The van der Waals surface area contributed by atoms with Gasteiger partial charge in [-0.05, 0) is 31.0 Å². The number of carbonyl (C=O) groups excluding carboxylic acids is 2. The van der Waals surface area contributed by atoms with Gasteiger partial charge in [0.05, 0.1) is 38.1 Å². The summed E-state index contributed by atoms with van der Waals surface area (Å²) in [5.41, 5.74) is 2.24. The van der Waals surface area contributed by atoms with E-state index in [-0.39, 0.29) is 44.0 Å². The van der Waals surface area contributed by atoms with Crippen LogP contribution in [0.3, 0.4) is 0 Å². The molecule has 2 amide bonds. The van der Waals surface area contributed by atoms with Crippen molar-refractivity contribution in [2.45, 2.75) is 31.7 Å². The van der Waals surface area contributed by atoms with Crippen LogP contribution in [-0.2, 0) is 19.2 Å². The summed E-state index contributed by atoms with van der Waals surface area (Å²) < 4.78 is 2.07. The average Bonchev–Trinajstić information content (AvgIpc) is 3.86. The van der Waals surface area contributed by atoms with Crippen LogP contribution in [0.4, 0.5) is 17.5 Å². The third-order valence-electron chi connectivity index (χ3n) is 11.2. The average molecular weight is 821 g/mol. The van der Waals surface area contributed by atoms with Gasteiger partial charge in [0.15, 0.2) is 0 Å². The van der Waals surface area contributed by atoms with Crippen LogP contribution < -0.4 is 10.2 Å². The molecule has 1 aliphatic carbocycles. The lowest BCUT2D eigenvalue weighted by molar-refractivity contribution is -0.140. The molecule has 0 atom stereocenters. The highest BCUT2D eigenvalue weighted by atomic mass is 16.4. The maximum Gasteiger partial charge on any atom is 0.317 e. The van der Waals surface area contributed by atoms with Gasteiger partial charge in [0.1, 0.15) is 17.2 Å². The summed E-state index contributed by atoms with van der Waals surface area (Å²) in [4.78, 5) is 88.1. The first-order valence-electron chi connectivity index (χ1n) is 20.2. The first kappa shape index (κ1) is 43.1. The molecule has 320 valence electrons. The summed E-state index contributed by atoms with van der Waals surface area (Å²) >= 11 is 0.